The number of fused-ring (bicyclic) bond motifs is 1. The fraction of sp³-hybridized carbons (Fsp3) is 0.200. The maximum absolute atomic E-state index is 13.8. The molecule has 0 saturated heterocycles. The van der Waals surface area contributed by atoms with Crippen molar-refractivity contribution in [1.82, 2.24) is 19.1 Å². The molecule has 1 atom stereocenters. The van der Waals surface area contributed by atoms with Crippen molar-refractivity contribution in [3.05, 3.63) is 92.7 Å². The Balaban J connectivity index is 1.70. The number of hydrogen-bond acceptors (Lipinski definition) is 5. The number of benzene rings is 1. The number of aryl methyl sites for hydroxylation is 2. The van der Waals surface area contributed by atoms with Gasteiger partial charge < -0.3 is 13.9 Å². The molecule has 1 aliphatic heterocycles. The number of ether oxygens (including phenoxy) is 1. The van der Waals surface area contributed by atoms with E-state index in [1.165, 1.54) is 4.57 Å². The normalized spacial score (nSPS) is 15.0. The molecule has 5 rings (SSSR count). The quantitative estimate of drug-likeness (QED) is 0.447. The molecule has 0 saturated carbocycles. The van der Waals surface area contributed by atoms with Gasteiger partial charge in [0.15, 0.2) is 0 Å². The van der Waals surface area contributed by atoms with Gasteiger partial charge >= 0.3 is 0 Å². The average molecular weight is 476 g/mol. The van der Waals surface area contributed by atoms with Crippen molar-refractivity contribution in [2.24, 2.45) is 14.1 Å². The molecule has 172 valence electrons. The highest BCUT2D eigenvalue weighted by molar-refractivity contribution is 6.30. The molecule has 0 N–H and O–H groups in total. The number of pyridine rings is 2. The molecule has 1 amide bonds. The molecule has 3 aromatic heterocycles. The molecule has 34 heavy (non-hydrogen) atoms. The Morgan fingerprint density at radius 2 is 1.79 bits per heavy atom. The van der Waals surface area contributed by atoms with Gasteiger partial charge in [-0.15, -0.1) is 0 Å². The van der Waals surface area contributed by atoms with Gasteiger partial charge in [-0.1, -0.05) is 23.7 Å². The van der Waals surface area contributed by atoms with Crippen molar-refractivity contribution in [2.75, 3.05) is 12.0 Å². The number of hydrogen-bond donors (Lipinski definition) is 0. The third kappa shape index (κ3) is 3.38. The first kappa shape index (κ1) is 21.9. The smallest absolute Gasteiger partial charge is 0.277 e. The Labute approximate surface area is 201 Å². The zero-order valence-corrected chi connectivity index (χ0v) is 19.9. The van der Waals surface area contributed by atoms with E-state index in [9.17, 15) is 9.59 Å². The van der Waals surface area contributed by atoms with Crippen molar-refractivity contribution in [3.8, 4) is 17.3 Å². The van der Waals surface area contributed by atoms with Gasteiger partial charge in [0, 0.05) is 48.7 Å². The van der Waals surface area contributed by atoms with Gasteiger partial charge in [0.25, 0.3) is 11.5 Å². The van der Waals surface area contributed by atoms with Crippen LogP contribution in [0.4, 0.5) is 5.69 Å². The summed E-state index contributed by atoms with van der Waals surface area (Å²) in [5.41, 5.74) is 3.81. The lowest BCUT2D eigenvalue weighted by Gasteiger charge is -2.26. The molecule has 4 heterocycles. The van der Waals surface area contributed by atoms with Crippen molar-refractivity contribution >= 4 is 23.2 Å². The number of anilines is 1. The van der Waals surface area contributed by atoms with Crippen LogP contribution in [0.3, 0.4) is 0 Å². The molecule has 8 nitrogen and oxygen atoms in total. The molecule has 1 aliphatic rings. The van der Waals surface area contributed by atoms with Crippen LogP contribution < -0.4 is 15.2 Å². The molecule has 0 bridgehead atoms. The van der Waals surface area contributed by atoms with E-state index in [0.717, 1.165) is 11.1 Å². The van der Waals surface area contributed by atoms with E-state index < -0.39 is 6.04 Å². The molecule has 4 aromatic rings. The van der Waals surface area contributed by atoms with Crippen LogP contribution in [0.25, 0.3) is 11.4 Å². The lowest BCUT2D eigenvalue weighted by molar-refractivity contribution is 0.0986. The predicted molar refractivity (Wildman–Crippen MR) is 130 cm³/mol. The third-order valence-corrected chi connectivity index (χ3v) is 6.33. The zero-order chi connectivity index (χ0) is 24.1. The van der Waals surface area contributed by atoms with Gasteiger partial charge in [0.2, 0.25) is 5.88 Å². The van der Waals surface area contributed by atoms with E-state index in [0.29, 0.717) is 39.4 Å². The van der Waals surface area contributed by atoms with Crippen LogP contribution in [0, 0.1) is 6.92 Å². The summed E-state index contributed by atoms with van der Waals surface area (Å²) in [6.07, 6.45) is 3.35. The van der Waals surface area contributed by atoms with E-state index in [4.69, 9.17) is 21.3 Å². The van der Waals surface area contributed by atoms with Crippen molar-refractivity contribution in [2.45, 2.75) is 13.0 Å². The summed E-state index contributed by atoms with van der Waals surface area (Å²) in [7, 11) is 5.05. The Morgan fingerprint density at radius 3 is 2.41 bits per heavy atom. The van der Waals surface area contributed by atoms with Gasteiger partial charge in [0.1, 0.15) is 17.6 Å². The predicted octanol–water partition coefficient (Wildman–Crippen LogP) is 3.90. The van der Waals surface area contributed by atoms with E-state index in [1.54, 1.807) is 67.2 Å². The van der Waals surface area contributed by atoms with Crippen LogP contribution in [-0.2, 0) is 14.1 Å². The number of carbonyl (C=O) groups is 1. The van der Waals surface area contributed by atoms with E-state index >= 15 is 0 Å². The summed E-state index contributed by atoms with van der Waals surface area (Å²) in [6, 6.07) is 12.2. The van der Waals surface area contributed by atoms with E-state index in [1.807, 2.05) is 25.2 Å². The highest BCUT2D eigenvalue weighted by Crippen LogP contribution is 2.42. The van der Waals surface area contributed by atoms with Crippen LogP contribution in [0.5, 0.6) is 5.88 Å². The maximum atomic E-state index is 13.8. The monoisotopic (exact) mass is 475 g/mol. The second-order valence-electron chi connectivity index (χ2n) is 8.24. The number of aromatic nitrogens is 4. The number of carbonyl (C=O) groups excluding carboxylic acids is 1. The number of amides is 1. The van der Waals surface area contributed by atoms with Crippen molar-refractivity contribution < 1.29 is 9.53 Å². The summed E-state index contributed by atoms with van der Waals surface area (Å²) in [6.45, 7) is 1.74. The maximum Gasteiger partial charge on any atom is 0.277 e. The number of halogens is 1. The molecule has 9 heteroatoms. The number of imidazole rings is 1. The minimum absolute atomic E-state index is 0.108. The van der Waals surface area contributed by atoms with Gasteiger partial charge in [-0.25, -0.2) is 9.97 Å². The summed E-state index contributed by atoms with van der Waals surface area (Å²) in [5.74, 6) is 0.927. The van der Waals surface area contributed by atoms with Gasteiger partial charge in [-0.05, 0) is 36.8 Å². The molecular weight excluding hydrogens is 454 g/mol. The number of methoxy groups -OCH3 is 1. The lowest BCUT2D eigenvalue weighted by atomic mass is 10.0. The average Bonchev–Trinajstić information content (AvgIpc) is 3.32. The van der Waals surface area contributed by atoms with Crippen LogP contribution in [0.2, 0.25) is 5.02 Å². The van der Waals surface area contributed by atoms with E-state index in [2.05, 4.69) is 4.98 Å². The topological polar surface area (TPSA) is 82.3 Å². The van der Waals surface area contributed by atoms with Crippen molar-refractivity contribution in [1.29, 1.82) is 0 Å². The SMILES string of the molecule is COc1ccc(-c2nc3c(n2C)C(=O)N(c2cc(C)c(=O)n(C)c2)[C@H]3c2ccc(Cl)cc2)cn1. The van der Waals surface area contributed by atoms with Gasteiger partial charge in [0.05, 0.1) is 18.5 Å². The molecule has 0 aliphatic carbocycles. The van der Waals surface area contributed by atoms with Crippen LogP contribution in [-0.4, -0.2) is 32.1 Å². The van der Waals surface area contributed by atoms with Crippen LogP contribution >= 0.6 is 11.6 Å². The minimum Gasteiger partial charge on any atom is -0.481 e. The summed E-state index contributed by atoms with van der Waals surface area (Å²) in [4.78, 5) is 37.0. The van der Waals surface area contributed by atoms with Crippen molar-refractivity contribution in [3.63, 3.8) is 0 Å². The lowest BCUT2D eigenvalue weighted by Crippen LogP contribution is -2.32. The second kappa shape index (κ2) is 8.14. The van der Waals surface area contributed by atoms with Crippen LogP contribution in [0.15, 0.2) is 59.7 Å². The summed E-state index contributed by atoms with van der Waals surface area (Å²) >= 11 is 6.14. The standard InChI is InChI=1S/C25H22ClN5O3/c1-14-11-18(13-29(2)24(14)32)31-21(15-5-8-17(26)9-6-15)20-22(25(31)33)30(3)23(28-20)16-7-10-19(34-4)27-12-16/h5-13,21H,1-4H3/t21-/m0/s1. The molecule has 1 aromatic carbocycles. The first-order chi connectivity index (χ1) is 16.3. The van der Waals surface area contributed by atoms with Gasteiger partial charge in [-0.3, -0.25) is 14.5 Å². The molecule has 0 radical (unpaired) electrons. The largest absolute Gasteiger partial charge is 0.481 e. The molecule has 0 unspecified atom stereocenters. The Kier molecular flexibility index (Phi) is 5.25. The fourth-order valence-electron chi connectivity index (χ4n) is 4.41. The molecule has 0 spiro atoms. The first-order valence-corrected chi connectivity index (χ1v) is 11.0. The summed E-state index contributed by atoms with van der Waals surface area (Å²) < 4.78 is 8.43. The summed E-state index contributed by atoms with van der Waals surface area (Å²) in [5, 5.41) is 0.601. The fourth-order valence-corrected chi connectivity index (χ4v) is 4.54. The Morgan fingerprint density at radius 1 is 1.06 bits per heavy atom. The van der Waals surface area contributed by atoms with E-state index in [-0.39, 0.29) is 11.5 Å². The Bertz CT molecular complexity index is 1450. The first-order valence-electron chi connectivity index (χ1n) is 10.6. The third-order valence-electron chi connectivity index (χ3n) is 6.08. The minimum atomic E-state index is -0.483. The highest BCUT2D eigenvalue weighted by atomic mass is 35.5. The highest BCUT2D eigenvalue weighted by Gasteiger charge is 2.43. The molecular formula is C25H22ClN5O3. The zero-order valence-electron chi connectivity index (χ0n) is 19.1. The Hall–Kier alpha value is -3.91. The van der Waals surface area contributed by atoms with Crippen LogP contribution in [0.1, 0.15) is 33.4 Å². The van der Waals surface area contributed by atoms with Gasteiger partial charge in [-0.2, -0.15) is 0 Å². The molecule has 0 fully saturated rings. The second-order valence-corrected chi connectivity index (χ2v) is 8.68. The number of rotatable bonds is 4. The number of nitrogens with zero attached hydrogens (tertiary/aromatic N) is 5.